The van der Waals surface area contributed by atoms with Crippen molar-refractivity contribution in [3.63, 3.8) is 0 Å². The van der Waals surface area contributed by atoms with Gasteiger partial charge in [0.2, 0.25) is 5.91 Å². The van der Waals surface area contributed by atoms with Crippen molar-refractivity contribution in [3.05, 3.63) is 68.6 Å². The Labute approximate surface area is 188 Å². The van der Waals surface area contributed by atoms with E-state index in [-0.39, 0.29) is 29.7 Å². The zero-order valence-electron chi connectivity index (χ0n) is 17.9. The maximum Gasteiger partial charge on any atom is 0.325 e. The Hall–Kier alpha value is -3.59. The van der Waals surface area contributed by atoms with Crippen molar-refractivity contribution in [1.29, 1.82) is 0 Å². The van der Waals surface area contributed by atoms with Crippen molar-refractivity contribution < 1.29 is 23.8 Å². The minimum atomic E-state index is -0.572. The molecule has 1 aliphatic heterocycles. The van der Waals surface area contributed by atoms with Crippen LogP contribution in [0.4, 0.5) is 11.5 Å². The van der Waals surface area contributed by atoms with Crippen molar-refractivity contribution >= 4 is 34.7 Å². The Kier molecular flexibility index (Phi) is 6.00. The van der Waals surface area contributed by atoms with Gasteiger partial charge in [-0.25, -0.2) is 0 Å². The number of esters is 1. The number of carbonyl (C=O) groups excluding carboxylic acids is 2. The summed E-state index contributed by atoms with van der Waals surface area (Å²) in [4.78, 5) is 40.3. The fourth-order valence-electron chi connectivity index (χ4n) is 3.80. The van der Waals surface area contributed by atoms with Crippen LogP contribution in [0.2, 0.25) is 0 Å². The van der Waals surface area contributed by atoms with Crippen LogP contribution in [-0.4, -0.2) is 37.8 Å². The van der Waals surface area contributed by atoms with Gasteiger partial charge in [-0.1, -0.05) is 29.5 Å². The molecule has 0 radical (unpaired) electrons. The third-order valence-corrected chi connectivity index (χ3v) is 6.48. The van der Waals surface area contributed by atoms with Crippen molar-refractivity contribution in [2.75, 3.05) is 26.2 Å². The number of ether oxygens (including phenoxy) is 3. The molecule has 0 saturated carbocycles. The van der Waals surface area contributed by atoms with Crippen LogP contribution >= 0.6 is 11.3 Å². The summed E-state index contributed by atoms with van der Waals surface area (Å²) >= 11 is 1.04. The van der Waals surface area contributed by atoms with Crippen LogP contribution in [0.15, 0.2) is 53.3 Å². The highest BCUT2D eigenvalue weighted by Crippen LogP contribution is 2.45. The molecule has 4 rings (SSSR count). The smallest absolute Gasteiger partial charge is 0.325 e. The van der Waals surface area contributed by atoms with E-state index in [1.807, 2.05) is 24.3 Å². The van der Waals surface area contributed by atoms with Crippen LogP contribution in [0.3, 0.4) is 0 Å². The Morgan fingerprint density at radius 2 is 1.75 bits per heavy atom. The van der Waals surface area contributed by atoms with Crippen molar-refractivity contribution in [2.45, 2.75) is 18.9 Å². The summed E-state index contributed by atoms with van der Waals surface area (Å²) in [7, 11) is 4.39. The van der Waals surface area contributed by atoms with Gasteiger partial charge in [0, 0.05) is 18.4 Å². The number of methoxy groups -OCH3 is 3. The standard InChI is InChI=1S/C23H22N2O6S/c1-29-16-9-7-14(8-10-16)18-12-19(26)25(15-5-4-6-17(11-15)30-2)22-21(18)32-23(28)24(22)13-20(27)31-3/h4-11,18H,12-13H2,1-3H3. The van der Waals surface area contributed by atoms with E-state index in [4.69, 9.17) is 14.2 Å². The first-order valence-corrected chi connectivity index (χ1v) is 10.7. The van der Waals surface area contributed by atoms with Crippen LogP contribution in [0.5, 0.6) is 11.5 Å². The van der Waals surface area contributed by atoms with E-state index in [2.05, 4.69) is 0 Å². The molecule has 1 unspecified atom stereocenters. The normalized spacial score (nSPS) is 15.3. The molecule has 1 atom stereocenters. The number of thiazole rings is 1. The van der Waals surface area contributed by atoms with Gasteiger partial charge in [0.25, 0.3) is 0 Å². The van der Waals surface area contributed by atoms with Crippen LogP contribution in [0.1, 0.15) is 22.8 Å². The predicted molar refractivity (Wildman–Crippen MR) is 120 cm³/mol. The summed E-state index contributed by atoms with van der Waals surface area (Å²) in [6, 6.07) is 14.4. The highest BCUT2D eigenvalue weighted by Gasteiger charge is 2.38. The molecule has 8 nitrogen and oxygen atoms in total. The molecule has 9 heteroatoms. The average Bonchev–Trinajstić information content (AvgIpc) is 3.14. The lowest BCUT2D eigenvalue weighted by atomic mass is 9.90. The number of amides is 1. The third-order valence-electron chi connectivity index (χ3n) is 5.39. The Morgan fingerprint density at radius 3 is 2.41 bits per heavy atom. The summed E-state index contributed by atoms with van der Waals surface area (Å²) < 4.78 is 16.6. The monoisotopic (exact) mass is 454 g/mol. The number of rotatable bonds is 6. The van der Waals surface area contributed by atoms with E-state index in [0.29, 0.717) is 27.9 Å². The van der Waals surface area contributed by atoms with Gasteiger partial charge in [0.05, 0.1) is 31.9 Å². The first-order valence-electron chi connectivity index (χ1n) is 9.88. The predicted octanol–water partition coefficient (Wildman–Crippen LogP) is 3.30. The van der Waals surface area contributed by atoms with Gasteiger partial charge in [-0.05, 0) is 29.8 Å². The lowest BCUT2D eigenvalue weighted by molar-refractivity contribution is -0.141. The Bertz CT molecular complexity index is 1210. The zero-order valence-corrected chi connectivity index (χ0v) is 18.7. The second kappa shape index (κ2) is 8.88. The summed E-state index contributed by atoms with van der Waals surface area (Å²) in [5.74, 6) is 0.578. The minimum absolute atomic E-state index is 0.175. The second-order valence-corrected chi connectivity index (χ2v) is 8.17. The molecule has 166 valence electrons. The highest BCUT2D eigenvalue weighted by atomic mass is 32.1. The van der Waals surface area contributed by atoms with E-state index in [9.17, 15) is 14.4 Å². The Balaban J connectivity index is 1.89. The fourth-order valence-corrected chi connectivity index (χ4v) is 4.91. The van der Waals surface area contributed by atoms with Crippen LogP contribution in [0, 0.1) is 0 Å². The van der Waals surface area contributed by atoms with E-state index >= 15 is 0 Å². The number of hydrogen-bond acceptors (Lipinski definition) is 7. The maximum atomic E-state index is 13.4. The number of nitrogens with zero attached hydrogens (tertiary/aromatic N) is 2. The van der Waals surface area contributed by atoms with Crippen LogP contribution in [-0.2, 0) is 20.9 Å². The molecule has 1 aliphatic rings. The summed E-state index contributed by atoms with van der Waals surface area (Å²) in [6.07, 6.45) is 0.175. The number of fused-ring (bicyclic) bond motifs is 1. The van der Waals surface area contributed by atoms with Gasteiger partial charge in [0.15, 0.2) is 0 Å². The van der Waals surface area contributed by atoms with Crippen molar-refractivity contribution in [3.8, 4) is 11.5 Å². The average molecular weight is 455 g/mol. The molecular weight excluding hydrogens is 432 g/mol. The number of aromatic nitrogens is 1. The molecule has 0 bridgehead atoms. The molecule has 0 spiro atoms. The lowest BCUT2D eigenvalue weighted by Gasteiger charge is -2.32. The van der Waals surface area contributed by atoms with Gasteiger partial charge in [-0.2, -0.15) is 0 Å². The van der Waals surface area contributed by atoms with Crippen LogP contribution in [0.25, 0.3) is 0 Å². The molecule has 0 saturated heterocycles. The van der Waals surface area contributed by atoms with E-state index in [1.54, 1.807) is 38.5 Å². The molecule has 1 amide bonds. The number of hydrogen-bond donors (Lipinski definition) is 0. The molecule has 2 aromatic carbocycles. The molecule has 32 heavy (non-hydrogen) atoms. The second-order valence-electron chi connectivity index (χ2n) is 7.18. The Morgan fingerprint density at radius 1 is 1.03 bits per heavy atom. The molecule has 0 fully saturated rings. The SMILES string of the molecule is COC(=O)Cn1c2c(sc1=O)C(c1ccc(OC)cc1)CC(=O)N2c1cccc(OC)c1. The fraction of sp³-hybridized carbons (Fsp3) is 0.261. The first kappa shape index (κ1) is 21.6. The number of carbonyl (C=O) groups is 2. The van der Waals surface area contributed by atoms with Crippen molar-refractivity contribution in [2.24, 2.45) is 0 Å². The van der Waals surface area contributed by atoms with Gasteiger partial charge < -0.3 is 14.2 Å². The van der Waals surface area contributed by atoms with Gasteiger partial charge in [0.1, 0.15) is 23.9 Å². The largest absolute Gasteiger partial charge is 0.497 e. The topological polar surface area (TPSA) is 87.1 Å². The molecule has 3 aromatic rings. The molecule has 0 aliphatic carbocycles. The third kappa shape index (κ3) is 3.87. The minimum Gasteiger partial charge on any atom is -0.497 e. The molecule has 1 aromatic heterocycles. The van der Waals surface area contributed by atoms with E-state index in [1.165, 1.54) is 16.6 Å². The lowest BCUT2D eigenvalue weighted by Crippen LogP contribution is -2.36. The quantitative estimate of drug-likeness (QED) is 0.531. The first-order chi connectivity index (χ1) is 15.5. The molecular formula is C23H22N2O6S. The molecule has 0 N–H and O–H groups in total. The van der Waals surface area contributed by atoms with Crippen molar-refractivity contribution in [1.82, 2.24) is 4.57 Å². The van der Waals surface area contributed by atoms with E-state index < -0.39 is 5.97 Å². The van der Waals surface area contributed by atoms with Gasteiger partial charge in [-0.15, -0.1) is 0 Å². The van der Waals surface area contributed by atoms with Gasteiger partial charge in [-0.3, -0.25) is 23.9 Å². The highest BCUT2D eigenvalue weighted by molar-refractivity contribution is 7.10. The number of benzene rings is 2. The van der Waals surface area contributed by atoms with Crippen LogP contribution < -0.4 is 19.2 Å². The molecule has 2 heterocycles. The number of anilines is 2. The summed E-state index contributed by atoms with van der Waals surface area (Å²) in [5, 5.41) is 0. The summed E-state index contributed by atoms with van der Waals surface area (Å²) in [5.41, 5.74) is 1.44. The zero-order chi connectivity index (χ0) is 22.8. The maximum absolute atomic E-state index is 13.4. The van der Waals surface area contributed by atoms with E-state index in [0.717, 1.165) is 16.9 Å². The summed E-state index contributed by atoms with van der Waals surface area (Å²) in [6.45, 7) is -0.287. The van der Waals surface area contributed by atoms with Gasteiger partial charge >= 0.3 is 10.8 Å².